The molecule has 0 atom stereocenters. The molecule has 0 radical (unpaired) electrons. The maximum absolute atomic E-state index is 12.8. The zero-order chi connectivity index (χ0) is 25.4. The molecule has 0 aliphatic rings. The molecule has 0 aromatic heterocycles. The quantitative estimate of drug-likeness (QED) is 0.389. The molecule has 3 aromatic carbocycles. The Kier molecular flexibility index (Phi) is 8.32. The second kappa shape index (κ2) is 11.4. The number of benzene rings is 3. The first-order valence-corrected chi connectivity index (χ1v) is 12.3. The molecule has 184 valence electrons. The summed E-state index contributed by atoms with van der Waals surface area (Å²) in [5, 5.41) is 0. The zero-order valence-electron chi connectivity index (χ0n) is 19.6. The Hall–Kier alpha value is -4.05. The lowest BCUT2D eigenvalue weighted by atomic mass is 10.0. The van der Waals surface area contributed by atoms with E-state index >= 15 is 0 Å². The van der Waals surface area contributed by atoms with Crippen molar-refractivity contribution in [2.24, 2.45) is 0 Å². The van der Waals surface area contributed by atoms with E-state index < -0.39 is 21.8 Å². The standard InChI is InChI=1S/C25H27N3O6S/c1-17(2)18-11-13-20(14-12-18)34-16-24(29)26-27-25(30)19-7-6-8-21(15-19)35(31,32)28-22-9-4-5-10-23(22)33-3/h4-15,17,28H,16H2,1-3H3,(H,26,29)(H,27,30). The van der Waals surface area contributed by atoms with Gasteiger partial charge in [-0.3, -0.25) is 25.2 Å². The molecule has 0 heterocycles. The number of ether oxygens (including phenoxy) is 2. The normalized spacial score (nSPS) is 11.0. The van der Waals surface area contributed by atoms with E-state index in [1.165, 1.54) is 31.4 Å². The Morgan fingerprint density at radius 2 is 1.63 bits per heavy atom. The summed E-state index contributed by atoms with van der Waals surface area (Å²) in [6.45, 7) is 3.85. The van der Waals surface area contributed by atoms with Crippen LogP contribution in [0.5, 0.6) is 11.5 Å². The summed E-state index contributed by atoms with van der Waals surface area (Å²) < 4.78 is 38.6. The van der Waals surface area contributed by atoms with E-state index in [0.717, 1.165) is 5.56 Å². The molecular formula is C25H27N3O6S. The first-order valence-electron chi connectivity index (χ1n) is 10.8. The van der Waals surface area contributed by atoms with Crippen LogP contribution in [0.3, 0.4) is 0 Å². The summed E-state index contributed by atoms with van der Waals surface area (Å²) in [5.74, 6) is -0.00280. The molecule has 0 saturated heterocycles. The van der Waals surface area contributed by atoms with E-state index in [1.54, 1.807) is 36.4 Å². The summed E-state index contributed by atoms with van der Waals surface area (Å²) in [6.07, 6.45) is 0. The van der Waals surface area contributed by atoms with Gasteiger partial charge >= 0.3 is 0 Å². The minimum absolute atomic E-state index is 0.0402. The Morgan fingerprint density at radius 3 is 2.31 bits per heavy atom. The molecule has 0 spiro atoms. The minimum atomic E-state index is -4.00. The van der Waals surface area contributed by atoms with Crippen LogP contribution in [0.4, 0.5) is 5.69 Å². The molecule has 3 N–H and O–H groups in total. The number of hydrogen-bond acceptors (Lipinski definition) is 6. The average molecular weight is 498 g/mol. The Balaban J connectivity index is 1.57. The third kappa shape index (κ3) is 6.97. The number of rotatable bonds is 9. The lowest BCUT2D eigenvalue weighted by Crippen LogP contribution is -2.43. The molecule has 0 bridgehead atoms. The Labute approximate surface area is 204 Å². The lowest BCUT2D eigenvalue weighted by Gasteiger charge is -2.13. The number of sulfonamides is 1. The third-order valence-corrected chi connectivity index (χ3v) is 6.35. The van der Waals surface area contributed by atoms with Gasteiger partial charge in [0.25, 0.3) is 21.8 Å². The number of anilines is 1. The van der Waals surface area contributed by atoms with Crippen molar-refractivity contribution in [2.75, 3.05) is 18.4 Å². The van der Waals surface area contributed by atoms with E-state index in [1.807, 2.05) is 12.1 Å². The van der Waals surface area contributed by atoms with Crippen LogP contribution >= 0.6 is 0 Å². The highest BCUT2D eigenvalue weighted by atomic mass is 32.2. The van der Waals surface area contributed by atoms with Gasteiger partial charge in [0, 0.05) is 5.56 Å². The van der Waals surface area contributed by atoms with Crippen LogP contribution in [-0.2, 0) is 14.8 Å². The summed E-state index contributed by atoms with van der Waals surface area (Å²) in [5.41, 5.74) is 5.95. The Bertz CT molecular complexity index is 1290. The van der Waals surface area contributed by atoms with Crippen molar-refractivity contribution >= 4 is 27.5 Å². The van der Waals surface area contributed by atoms with Crippen LogP contribution < -0.4 is 25.0 Å². The van der Waals surface area contributed by atoms with E-state index in [9.17, 15) is 18.0 Å². The molecule has 2 amide bonds. The lowest BCUT2D eigenvalue weighted by molar-refractivity contribution is -0.123. The summed E-state index contributed by atoms with van der Waals surface area (Å²) >= 11 is 0. The fraction of sp³-hybridized carbons (Fsp3) is 0.200. The molecule has 3 rings (SSSR count). The predicted molar refractivity (Wildman–Crippen MR) is 132 cm³/mol. The first-order chi connectivity index (χ1) is 16.7. The molecule has 35 heavy (non-hydrogen) atoms. The SMILES string of the molecule is COc1ccccc1NS(=O)(=O)c1cccc(C(=O)NNC(=O)COc2ccc(C(C)C)cc2)c1. The van der Waals surface area contributed by atoms with Gasteiger partial charge in [-0.05, 0) is 53.9 Å². The molecule has 10 heteroatoms. The summed E-state index contributed by atoms with van der Waals surface area (Å²) in [7, 11) is -2.57. The highest BCUT2D eigenvalue weighted by Crippen LogP contribution is 2.26. The van der Waals surface area contributed by atoms with Gasteiger partial charge in [0.1, 0.15) is 11.5 Å². The van der Waals surface area contributed by atoms with Gasteiger partial charge in [-0.25, -0.2) is 8.42 Å². The third-order valence-electron chi connectivity index (χ3n) is 4.99. The van der Waals surface area contributed by atoms with Crippen molar-refractivity contribution in [3.8, 4) is 11.5 Å². The number of methoxy groups -OCH3 is 1. The van der Waals surface area contributed by atoms with Gasteiger partial charge in [0.2, 0.25) is 0 Å². The number of carbonyl (C=O) groups excluding carboxylic acids is 2. The van der Waals surface area contributed by atoms with E-state index in [0.29, 0.717) is 17.4 Å². The highest BCUT2D eigenvalue weighted by molar-refractivity contribution is 7.92. The van der Waals surface area contributed by atoms with Crippen LogP contribution in [-0.4, -0.2) is 33.9 Å². The molecule has 0 aliphatic carbocycles. The smallest absolute Gasteiger partial charge is 0.276 e. The van der Waals surface area contributed by atoms with Crippen LogP contribution in [0.25, 0.3) is 0 Å². The van der Waals surface area contributed by atoms with Crippen molar-refractivity contribution in [3.05, 3.63) is 83.9 Å². The fourth-order valence-corrected chi connectivity index (χ4v) is 4.19. The van der Waals surface area contributed by atoms with Gasteiger partial charge in [-0.2, -0.15) is 0 Å². The van der Waals surface area contributed by atoms with Crippen molar-refractivity contribution in [1.82, 2.24) is 10.9 Å². The first kappa shape index (κ1) is 25.6. The van der Waals surface area contributed by atoms with Crippen LogP contribution in [0.2, 0.25) is 0 Å². The number of hydrogen-bond donors (Lipinski definition) is 3. The number of nitrogens with one attached hydrogen (secondary N) is 3. The molecule has 0 aliphatic heterocycles. The monoisotopic (exact) mass is 497 g/mol. The Morgan fingerprint density at radius 1 is 0.914 bits per heavy atom. The molecule has 3 aromatic rings. The van der Waals surface area contributed by atoms with E-state index in [4.69, 9.17) is 9.47 Å². The second-order valence-corrected chi connectivity index (χ2v) is 9.53. The van der Waals surface area contributed by atoms with Gasteiger partial charge in [0.05, 0.1) is 17.7 Å². The second-order valence-electron chi connectivity index (χ2n) is 7.85. The van der Waals surface area contributed by atoms with Crippen LogP contribution in [0, 0.1) is 0 Å². The van der Waals surface area contributed by atoms with Crippen molar-refractivity contribution in [3.63, 3.8) is 0 Å². The molecule has 9 nitrogen and oxygen atoms in total. The number of carbonyl (C=O) groups is 2. The van der Waals surface area contributed by atoms with Crippen molar-refractivity contribution < 1.29 is 27.5 Å². The molecule has 0 saturated carbocycles. The number of hydrazine groups is 1. The summed E-state index contributed by atoms with van der Waals surface area (Å²) in [4.78, 5) is 24.4. The van der Waals surface area contributed by atoms with Crippen LogP contribution in [0.1, 0.15) is 35.7 Å². The molecule has 0 fully saturated rings. The van der Waals surface area contributed by atoms with E-state index in [-0.39, 0.29) is 22.8 Å². The van der Waals surface area contributed by atoms with Crippen LogP contribution in [0.15, 0.2) is 77.7 Å². The topological polar surface area (TPSA) is 123 Å². The van der Waals surface area contributed by atoms with Crippen molar-refractivity contribution in [1.29, 1.82) is 0 Å². The van der Waals surface area contributed by atoms with Gasteiger partial charge in [-0.1, -0.05) is 44.2 Å². The van der Waals surface area contributed by atoms with Gasteiger partial charge in [0.15, 0.2) is 6.61 Å². The minimum Gasteiger partial charge on any atom is -0.495 e. The van der Waals surface area contributed by atoms with Gasteiger partial charge in [-0.15, -0.1) is 0 Å². The van der Waals surface area contributed by atoms with E-state index in [2.05, 4.69) is 29.4 Å². The fourth-order valence-electron chi connectivity index (χ4n) is 3.07. The maximum Gasteiger partial charge on any atom is 0.276 e. The number of para-hydroxylation sites is 2. The largest absolute Gasteiger partial charge is 0.495 e. The molecule has 0 unspecified atom stereocenters. The predicted octanol–water partition coefficient (Wildman–Crippen LogP) is 3.46. The summed E-state index contributed by atoms with van der Waals surface area (Å²) in [6, 6.07) is 19.3. The highest BCUT2D eigenvalue weighted by Gasteiger charge is 2.18. The number of amides is 2. The average Bonchev–Trinajstić information content (AvgIpc) is 2.86. The maximum atomic E-state index is 12.8. The van der Waals surface area contributed by atoms with Gasteiger partial charge < -0.3 is 9.47 Å². The molecular weight excluding hydrogens is 470 g/mol. The zero-order valence-corrected chi connectivity index (χ0v) is 20.4. The van der Waals surface area contributed by atoms with Crippen molar-refractivity contribution in [2.45, 2.75) is 24.7 Å².